The van der Waals surface area contributed by atoms with E-state index in [1.807, 2.05) is 51.2 Å². The average molecular weight is 246 g/mol. The fourth-order valence-electron chi connectivity index (χ4n) is 1.61. The highest BCUT2D eigenvalue weighted by atomic mass is 16.5. The molecule has 0 atom stereocenters. The highest BCUT2D eigenvalue weighted by Gasteiger charge is 2.13. The summed E-state index contributed by atoms with van der Waals surface area (Å²) in [5.41, 5.74) is 0.723. The summed E-state index contributed by atoms with van der Waals surface area (Å²) in [5.74, 6) is 1.56. The summed E-state index contributed by atoms with van der Waals surface area (Å²) >= 11 is 0. The van der Waals surface area contributed by atoms with Crippen LogP contribution in [-0.2, 0) is 0 Å². The molecule has 1 heterocycles. The Kier molecular flexibility index (Phi) is 3.28. The Labute approximate surface area is 107 Å². The van der Waals surface area contributed by atoms with Crippen molar-refractivity contribution in [2.24, 2.45) is 0 Å². The maximum atomic E-state index is 5.75. The second-order valence-electron chi connectivity index (χ2n) is 5.04. The van der Waals surface area contributed by atoms with Crippen LogP contribution in [0.25, 0.3) is 5.69 Å². The molecule has 0 N–H and O–H groups in total. The number of aromatic nitrogens is 2. The quantitative estimate of drug-likeness (QED) is 0.835. The second kappa shape index (κ2) is 4.72. The minimum atomic E-state index is -0.220. The Bertz CT molecular complexity index is 527. The topological polar surface area (TPSA) is 36.3 Å². The fraction of sp³-hybridized carbons (Fsp3) is 0.357. The molecule has 0 saturated heterocycles. The molecular weight excluding hydrogens is 228 g/mol. The molecule has 2 rings (SSSR count). The predicted octanol–water partition coefficient (Wildman–Crippen LogP) is 3.06. The fourth-order valence-corrected chi connectivity index (χ4v) is 1.61. The standard InChI is InChI=1S/C14H18N2O2/c1-14(2,3)18-13-9-15-16(10-13)11-6-5-7-12(8-11)17-4/h5-10H,1-4H3. The SMILES string of the molecule is COc1cccc(-n2cc(OC(C)(C)C)cn2)c1. The first kappa shape index (κ1) is 12.5. The number of methoxy groups -OCH3 is 1. The first-order valence-electron chi connectivity index (χ1n) is 5.86. The lowest BCUT2D eigenvalue weighted by atomic mass is 10.2. The van der Waals surface area contributed by atoms with E-state index in [1.54, 1.807) is 18.0 Å². The van der Waals surface area contributed by atoms with Crippen LogP contribution < -0.4 is 9.47 Å². The molecule has 4 heteroatoms. The van der Waals surface area contributed by atoms with E-state index in [0.29, 0.717) is 0 Å². The Morgan fingerprint density at radius 2 is 1.94 bits per heavy atom. The maximum Gasteiger partial charge on any atom is 0.158 e. The lowest BCUT2D eigenvalue weighted by molar-refractivity contribution is 0.131. The Morgan fingerprint density at radius 3 is 2.61 bits per heavy atom. The van der Waals surface area contributed by atoms with Crippen molar-refractivity contribution in [1.82, 2.24) is 9.78 Å². The van der Waals surface area contributed by atoms with Gasteiger partial charge < -0.3 is 9.47 Å². The molecule has 0 unspecified atom stereocenters. The molecule has 0 fully saturated rings. The van der Waals surface area contributed by atoms with Gasteiger partial charge in [-0.2, -0.15) is 5.10 Å². The van der Waals surface area contributed by atoms with Crippen LogP contribution in [-0.4, -0.2) is 22.5 Å². The predicted molar refractivity (Wildman–Crippen MR) is 70.5 cm³/mol. The first-order chi connectivity index (χ1) is 8.48. The van der Waals surface area contributed by atoms with Crippen LogP contribution in [0.4, 0.5) is 0 Å². The number of hydrogen-bond acceptors (Lipinski definition) is 3. The summed E-state index contributed by atoms with van der Waals surface area (Å²) < 4.78 is 12.7. The molecule has 18 heavy (non-hydrogen) atoms. The smallest absolute Gasteiger partial charge is 0.158 e. The monoisotopic (exact) mass is 246 g/mol. The van der Waals surface area contributed by atoms with Crippen LogP contribution in [0.2, 0.25) is 0 Å². The maximum absolute atomic E-state index is 5.75. The van der Waals surface area contributed by atoms with E-state index >= 15 is 0 Å². The van der Waals surface area contributed by atoms with Gasteiger partial charge in [-0.1, -0.05) is 6.07 Å². The van der Waals surface area contributed by atoms with E-state index in [2.05, 4.69) is 5.10 Å². The zero-order valence-corrected chi connectivity index (χ0v) is 11.2. The number of rotatable bonds is 3. The molecule has 0 aliphatic carbocycles. The summed E-state index contributed by atoms with van der Waals surface area (Å²) in [4.78, 5) is 0. The van der Waals surface area contributed by atoms with Crippen molar-refractivity contribution >= 4 is 0 Å². The average Bonchev–Trinajstić information content (AvgIpc) is 2.75. The summed E-state index contributed by atoms with van der Waals surface area (Å²) in [6, 6.07) is 7.73. The molecule has 0 aliphatic rings. The highest BCUT2D eigenvalue weighted by molar-refractivity contribution is 5.39. The number of hydrogen-bond donors (Lipinski definition) is 0. The first-order valence-corrected chi connectivity index (χ1v) is 5.86. The summed E-state index contributed by atoms with van der Waals surface area (Å²) in [6.07, 6.45) is 3.57. The lowest BCUT2D eigenvalue weighted by Crippen LogP contribution is -2.22. The van der Waals surface area contributed by atoms with Crippen LogP contribution in [0.5, 0.6) is 11.5 Å². The largest absolute Gasteiger partial charge is 0.497 e. The molecule has 0 saturated carbocycles. The molecule has 0 radical (unpaired) electrons. The van der Waals surface area contributed by atoms with Gasteiger partial charge in [0.25, 0.3) is 0 Å². The van der Waals surface area contributed by atoms with Gasteiger partial charge in [-0.05, 0) is 32.9 Å². The van der Waals surface area contributed by atoms with E-state index < -0.39 is 0 Å². The highest BCUT2D eigenvalue weighted by Crippen LogP contribution is 2.21. The summed E-state index contributed by atoms with van der Waals surface area (Å²) in [5, 5.41) is 4.28. The third-order valence-electron chi connectivity index (χ3n) is 2.30. The van der Waals surface area contributed by atoms with E-state index in [9.17, 15) is 0 Å². The van der Waals surface area contributed by atoms with Crippen LogP contribution >= 0.6 is 0 Å². The molecular formula is C14H18N2O2. The van der Waals surface area contributed by atoms with Gasteiger partial charge in [0.2, 0.25) is 0 Å². The van der Waals surface area contributed by atoms with E-state index in [0.717, 1.165) is 17.2 Å². The van der Waals surface area contributed by atoms with Gasteiger partial charge in [0.1, 0.15) is 11.4 Å². The molecule has 1 aromatic heterocycles. The Hall–Kier alpha value is -1.97. The van der Waals surface area contributed by atoms with Crippen LogP contribution in [0.3, 0.4) is 0 Å². The lowest BCUT2D eigenvalue weighted by Gasteiger charge is -2.19. The van der Waals surface area contributed by atoms with Crippen molar-refractivity contribution in [3.05, 3.63) is 36.7 Å². The normalized spacial score (nSPS) is 11.3. The Morgan fingerprint density at radius 1 is 1.17 bits per heavy atom. The second-order valence-corrected chi connectivity index (χ2v) is 5.04. The van der Waals surface area contributed by atoms with Gasteiger partial charge in [0, 0.05) is 6.07 Å². The van der Waals surface area contributed by atoms with Gasteiger partial charge in [0.15, 0.2) is 5.75 Å². The third-order valence-corrected chi connectivity index (χ3v) is 2.30. The van der Waals surface area contributed by atoms with Crippen LogP contribution in [0.1, 0.15) is 20.8 Å². The summed E-state index contributed by atoms with van der Waals surface area (Å²) in [7, 11) is 1.65. The van der Waals surface area contributed by atoms with Crippen molar-refractivity contribution in [3.63, 3.8) is 0 Å². The van der Waals surface area contributed by atoms with Gasteiger partial charge in [-0.3, -0.25) is 0 Å². The van der Waals surface area contributed by atoms with E-state index in [1.165, 1.54) is 0 Å². The zero-order valence-electron chi connectivity index (χ0n) is 11.2. The molecule has 96 valence electrons. The van der Waals surface area contributed by atoms with Crippen LogP contribution in [0, 0.1) is 0 Å². The van der Waals surface area contributed by atoms with Gasteiger partial charge in [0.05, 0.1) is 25.2 Å². The van der Waals surface area contributed by atoms with E-state index in [-0.39, 0.29) is 5.60 Å². The summed E-state index contributed by atoms with van der Waals surface area (Å²) in [6.45, 7) is 6.03. The molecule has 1 aromatic carbocycles. The van der Waals surface area contributed by atoms with Crippen molar-refractivity contribution in [1.29, 1.82) is 0 Å². The number of ether oxygens (including phenoxy) is 2. The van der Waals surface area contributed by atoms with Gasteiger partial charge >= 0.3 is 0 Å². The molecule has 0 spiro atoms. The van der Waals surface area contributed by atoms with Crippen molar-refractivity contribution < 1.29 is 9.47 Å². The van der Waals surface area contributed by atoms with Crippen molar-refractivity contribution in [3.8, 4) is 17.2 Å². The van der Waals surface area contributed by atoms with Gasteiger partial charge in [-0.15, -0.1) is 0 Å². The molecule has 0 bridgehead atoms. The van der Waals surface area contributed by atoms with Gasteiger partial charge in [-0.25, -0.2) is 4.68 Å². The van der Waals surface area contributed by atoms with E-state index in [4.69, 9.17) is 9.47 Å². The van der Waals surface area contributed by atoms with Crippen molar-refractivity contribution in [2.45, 2.75) is 26.4 Å². The molecule has 0 amide bonds. The molecule has 0 aliphatic heterocycles. The minimum absolute atomic E-state index is 0.220. The minimum Gasteiger partial charge on any atom is -0.497 e. The van der Waals surface area contributed by atoms with Crippen LogP contribution in [0.15, 0.2) is 36.7 Å². The number of nitrogens with zero attached hydrogens (tertiary/aromatic N) is 2. The number of benzene rings is 1. The molecule has 4 nitrogen and oxygen atoms in total. The molecule has 2 aromatic rings. The Balaban J connectivity index is 2.23. The third kappa shape index (κ3) is 3.03. The van der Waals surface area contributed by atoms with Crippen molar-refractivity contribution in [2.75, 3.05) is 7.11 Å². The zero-order chi connectivity index (χ0) is 13.2.